The molecule has 0 aliphatic carbocycles. The predicted octanol–water partition coefficient (Wildman–Crippen LogP) is 23.0. The number of allylic oxidation sites excluding steroid dienone is 7. The second-order valence-corrected chi connectivity index (χ2v) is 29.2. The van der Waals surface area contributed by atoms with Crippen LogP contribution in [-0.4, -0.2) is 100 Å². The van der Waals surface area contributed by atoms with E-state index in [9.17, 15) is 35.1 Å². The first-order chi connectivity index (χ1) is 47.2. The largest absolute Gasteiger partial charge is 0.466 e. The standard InChI is InChI=1S/C85H159NO10/c1-3-5-7-9-11-13-15-17-44-47-51-55-59-63-67-71-78(88)77(76-95-85-84(93)83(92)82(91)79(75-87)96-85)86-80(89)72-68-64-60-56-52-48-45-42-40-38-36-34-32-30-28-26-24-22-20-19-21-23-25-27-29-31-33-35-37-39-41-43-46-50-54-58-62-66-70-74-94-81(90)73-69-65-61-57-53-49-18-16-14-12-10-8-6-4-2/h10,12,16,18-20,67,71,77-79,82-85,87-88,91-93H,3-9,11,13-15,17,21-66,68-70,72-76H2,1-2H3,(H,86,89)/b12-10-,18-16-,20-19-,71-67+. The van der Waals surface area contributed by atoms with Crippen molar-refractivity contribution >= 4 is 11.9 Å². The molecule has 0 saturated carbocycles. The second-order valence-electron chi connectivity index (χ2n) is 29.2. The number of hydrogen-bond acceptors (Lipinski definition) is 10. The van der Waals surface area contributed by atoms with E-state index >= 15 is 0 Å². The van der Waals surface area contributed by atoms with Gasteiger partial charge in [-0.15, -0.1) is 0 Å². The lowest BCUT2D eigenvalue weighted by Crippen LogP contribution is -2.60. The number of esters is 1. The quantitative estimate of drug-likeness (QED) is 0.0195. The molecule has 0 aromatic carbocycles. The van der Waals surface area contributed by atoms with Crippen molar-refractivity contribution in [3.05, 3.63) is 48.6 Å². The first-order valence-electron chi connectivity index (χ1n) is 41.9. The van der Waals surface area contributed by atoms with Crippen LogP contribution < -0.4 is 5.32 Å². The molecule has 1 aliphatic heterocycles. The van der Waals surface area contributed by atoms with Crippen molar-refractivity contribution in [1.82, 2.24) is 5.32 Å². The van der Waals surface area contributed by atoms with Crippen molar-refractivity contribution in [2.24, 2.45) is 0 Å². The van der Waals surface area contributed by atoms with Crippen LogP contribution in [0.25, 0.3) is 0 Å². The summed E-state index contributed by atoms with van der Waals surface area (Å²) in [6, 6.07) is -0.808. The number of unbranched alkanes of at least 4 members (excludes halogenated alkanes) is 55. The van der Waals surface area contributed by atoms with Gasteiger partial charge in [-0.2, -0.15) is 0 Å². The molecule has 0 bridgehead atoms. The maximum Gasteiger partial charge on any atom is 0.305 e. The van der Waals surface area contributed by atoms with E-state index in [1.807, 2.05) is 6.08 Å². The van der Waals surface area contributed by atoms with Gasteiger partial charge < -0.3 is 45.1 Å². The number of rotatable bonds is 75. The molecule has 0 radical (unpaired) electrons. The minimum absolute atomic E-state index is 0.00248. The number of carbonyl (C=O) groups excluding carboxylic acids is 2. The van der Waals surface area contributed by atoms with Gasteiger partial charge in [0.15, 0.2) is 6.29 Å². The lowest BCUT2D eigenvalue weighted by Gasteiger charge is -2.40. The molecule has 7 unspecified atom stereocenters. The van der Waals surface area contributed by atoms with Gasteiger partial charge >= 0.3 is 5.97 Å². The number of nitrogens with one attached hydrogen (secondary N) is 1. The Bertz CT molecular complexity index is 1740. The summed E-state index contributed by atoms with van der Waals surface area (Å²) in [7, 11) is 0. The van der Waals surface area contributed by atoms with Crippen molar-refractivity contribution in [1.29, 1.82) is 0 Å². The maximum absolute atomic E-state index is 13.1. The van der Waals surface area contributed by atoms with Gasteiger partial charge in [0, 0.05) is 12.8 Å². The Kier molecular flexibility index (Phi) is 70.5. The van der Waals surface area contributed by atoms with Crippen LogP contribution in [0.15, 0.2) is 48.6 Å². The normalized spacial score (nSPS) is 17.5. The van der Waals surface area contributed by atoms with E-state index in [2.05, 4.69) is 55.6 Å². The highest BCUT2D eigenvalue weighted by molar-refractivity contribution is 5.76. The first-order valence-corrected chi connectivity index (χ1v) is 41.9. The summed E-state index contributed by atoms with van der Waals surface area (Å²) in [5.74, 6) is -0.171. The van der Waals surface area contributed by atoms with E-state index in [0.29, 0.717) is 19.4 Å². The number of hydrogen-bond donors (Lipinski definition) is 6. The molecule has 6 N–H and O–H groups in total. The molecule has 0 spiro atoms. The molecule has 564 valence electrons. The van der Waals surface area contributed by atoms with Crippen LogP contribution in [-0.2, 0) is 23.8 Å². The van der Waals surface area contributed by atoms with Crippen LogP contribution in [0.1, 0.15) is 418 Å². The zero-order valence-electron chi connectivity index (χ0n) is 63.1. The third-order valence-corrected chi connectivity index (χ3v) is 19.9. The van der Waals surface area contributed by atoms with E-state index < -0.39 is 49.5 Å². The third kappa shape index (κ3) is 61.5. The van der Waals surface area contributed by atoms with Crippen LogP contribution in [0.2, 0.25) is 0 Å². The molecular weight excluding hydrogens is 1190 g/mol. The summed E-state index contributed by atoms with van der Waals surface area (Å²) in [4.78, 5) is 25.2. The summed E-state index contributed by atoms with van der Waals surface area (Å²) in [5, 5.41) is 54.7. The van der Waals surface area contributed by atoms with E-state index in [-0.39, 0.29) is 18.5 Å². The molecule has 11 heteroatoms. The minimum atomic E-state index is -1.57. The van der Waals surface area contributed by atoms with Crippen LogP contribution in [0.5, 0.6) is 0 Å². The van der Waals surface area contributed by atoms with Crippen molar-refractivity contribution in [3.8, 4) is 0 Å². The van der Waals surface area contributed by atoms with Gasteiger partial charge in [-0.05, 0) is 83.5 Å². The Morgan fingerprint density at radius 2 is 0.708 bits per heavy atom. The van der Waals surface area contributed by atoms with Crippen LogP contribution in [0.3, 0.4) is 0 Å². The smallest absolute Gasteiger partial charge is 0.305 e. The lowest BCUT2D eigenvalue weighted by molar-refractivity contribution is -0.302. The number of ether oxygens (including phenoxy) is 3. The summed E-state index contributed by atoms with van der Waals surface area (Å²) >= 11 is 0. The molecule has 96 heavy (non-hydrogen) atoms. The summed E-state index contributed by atoms with van der Waals surface area (Å²) < 4.78 is 16.8. The third-order valence-electron chi connectivity index (χ3n) is 19.9. The van der Waals surface area contributed by atoms with Crippen molar-refractivity contribution in [2.75, 3.05) is 19.8 Å². The molecule has 1 fully saturated rings. The van der Waals surface area contributed by atoms with Gasteiger partial charge in [0.1, 0.15) is 24.4 Å². The first kappa shape index (κ1) is 91.6. The fraction of sp³-hybridized carbons (Fsp3) is 0.882. The van der Waals surface area contributed by atoms with E-state index in [1.54, 1.807) is 6.08 Å². The molecule has 7 atom stereocenters. The average Bonchev–Trinajstić information content (AvgIpc) is 1.45. The van der Waals surface area contributed by atoms with E-state index in [0.717, 1.165) is 64.2 Å². The molecule has 0 aromatic rings. The molecular formula is C85H159NO10. The van der Waals surface area contributed by atoms with Gasteiger partial charge in [-0.3, -0.25) is 9.59 Å². The van der Waals surface area contributed by atoms with Crippen LogP contribution in [0.4, 0.5) is 0 Å². The minimum Gasteiger partial charge on any atom is -0.466 e. The average molecular weight is 1360 g/mol. The zero-order chi connectivity index (χ0) is 69.4. The van der Waals surface area contributed by atoms with Crippen molar-refractivity contribution in [2.45, 2.75) is 461 Å². The SMILES string of the molecule is CCCC/C=C\C/C=C\CCCCCCCC(=O)OCCCCCCCCCCCCCCCCCCCC/C=C\CCCCCCCCCCCCCCCCCCCC(=O)NC(COC1OC(CO)C(O)C(O)C1O)C(O)/C=C/CCCCCCCCCCCCCCC. The lowest BCUT2D eigenvalue weighted by atomic mass is 9.99. The highest BCUT2D eigenvalue weighted by Crippen LogP contribution is 2.24. The van der Waals surface area contributed by atoms with Crippen LogP contribution in [0, 0.1) is 0 Å². The highest BCUT2D eigenvalue weighted by Gasteiger charge is 2.44. The highest BCUT2D eigenvalue weighted by atomic mass is 16.7. The molecule has 1 heterocycles. The van der Waals surface area contributed by atoms with Crippen molar-refractivity contribution in [3.63, 3.8) is 0 Å². The van der Waals surface area contributed by atoms with E-state index in [4.69, 9.17) is 14.2 Å². The van der Waals surface area contributed by atoms with E-state index in [1.165, 1.54) is 327 Å². The molecule has 11 nitrogen and oxygen atoms in total. The molecule has 0 aromatic heterocycles. The summed E-state index contributed by atoms with van der Waals surface area (Å²) in [6.45, 7) is 4.36. The monoisotopic (exact) mass is 1350 g/mol. The van der Waals surface area contributed by atoms with Gasteiger partial charge in [0.05, 0.1) is 32.0 Å². The Labute approximate surface area is 593 Å². The number of aliphatic hydroxyl groups excluding tert-OH is 5. The zero-order valence-corrected chi connectivity index (χ0v) is 63.1. The fourth-order valence-electron chi connectivity index (χ4n) is 13.3. The maximum atomic E-state index is 13.1. The predicted molar refractivity (Wildman–Crippen MR) is 407 cm³/mol. The molecule has 1 amide bonds. The summed E-state index contributed by atoms with van der Waals surface area (Å²) in [5.41, 5.74) is 0. The topological polar surface area (TPSA) is 175 Å². The molecule has 1 aliphatic rings. The van der Waals surface area contributed by atoms with Gasteiger partial charge in [0.25, 0.3) is 0 Å². The Hall–Kier alpha value is -2.38. The Morgan fingerprint density at radius 1 is 0.385 bits per heavy atom. The molecule has 1 saturated heterocycles. The summed E-state index contributed by atoms with van der Waals surface area (Å²) in [6.07, 6.45) is 88.6. The van der Waals surface area contributed by atoms with Gasteiger partial charge in [-0.25, -0.2) is 0 Å². The Morgan fingerprint density at radius 3 is 1.09 bits per heavy atom. The molecule has 1 rings (SSSR count). The number of aliphatic hydroxyl groups is 5. The van der Waals surface area contributed by atoms with Crippen LogP contribution >= 0.6 is 0 Å². The number of amides is 1. The second kappa shape index (κ2) is 73.8. The fourth-order valence-corrected chi connectivity index (χ4v) is 13.3. The Balaban J connectivity index is 1.90. The van der Waals surface area contributed by atoms with Crippen molar-refractivity contribution < 1.29 is 49.3 Å². The number of carbonyl (C=O) groups is 2. The van der Waals surface area contributed by atoms with Gasteiger partial charge in [0.2, 0.25) is 5.91 Å². The van der Waals surface area contributed by atoms with Gasteiger partial charge in [-0.1, -0.05) is 371 Å².